The van der Waals surface area contributed by atoms with Gasteiger partial charge in [-0.05, 0) is 26.7 Å². The highest BCUT2D eigenvalue weighted by Gasteiger charge is 2.31. The van der Waals surface area contributed by atoms with Crippen molar-refractivity contribution in [1.29, 1.82) is 0 Å². The van der Waals surface area contributed by atoms with Crippen LogP contribution in [0.25, 0.3) is 0 Å². The summed E-state index contributed by atoms with van der Waals surface area (Å²) < 4.78 is 21.2. The second-order valence-electron chi connectivity index (χ2n) is 5.31. The molecule has 0 heterocycles. The Labute approximate surface area is 136 Å². The third kappa shape index (κ3) is 8.85. The predicted octanol–water partition coefficient (Wildman–Crippen LogP) is 0.193. The van der Waals surface area contributed by atoms with Gasteiger partial charge >= 0.3 is 5.97 Å². The standard InChI is InChI=1S/C15H27NO7/c1-3-20-7-11(8-21-4-2)16-14(17)9-22-12-5-13(6-12)23-10-15(18)19/h11-13H,3-10H2,1-2H3,(H,16,17)(H,18,19). The van der Waals surface area contributed by atoms with Crippen LogP contribution in [0.1, 0.15) is 26.7 Å². The average Bonchev–Trinajstić information content (AvgIpc) is 2.47. The van der Waals surface area contributed by atoms with E-state index in [2.05, 4.69) is 5.32 Å². The number of amides is 1. The topological polar surface area (TPSA) is 103 Å². The van der Waals surface area contributed by atoms with Gasteiger partial charge in [-0.3, -0.25) is 4.79 Å². The molecule has 1 saturated carbocycles. The minimum atomic E-state index is -0.983. The van der Waals surface area contributed by atoms with Gasteiger partial charge in [0.05, 0.1) is 31.5 Å². The van der Waals surface area contributed by atoms with Gasteiger partial charge < -0.3 is 29.4 Å². The van der Waals surface area contributed by atoms with Crippen molar-refractivity contribution in [3.63, 3.8) is 0 Å². The molecule has 1 aliphatic carbocycles. The van der Waals surface area contributed by atoms with Crippen LogP contribution in [-0.4, -0.2) is 74.9 Å². The fourth-order valence-corrected chi connectivity index (χ4v) is 2.09. The van der Waals surface area contributed by atoms with Gasteiger partial charge in [-0.15, -0.1) is 0 Å². The fourth-order valence-electron chi connectivity index (χ4n) is 2.09. The Morgan fingerprint density at radius 2 is 1.57 bits per heavy atom. The highest BCUT2D eigenvalue weighted by molar-refractivity contribution is 5.77. The van der Waals surface area contributed by atoms with E-state index in [0.29, 0.717) is 39.3 Å². The highest BCUT2D eigenvalue weighted by Crippen LogP contribution is 2.26. The van der Waals surface area contributed by atoms with Gasteiger partial charge in [0.15, 0.2) is 0 Å². The molecule has 2 N–H and O–H groups in total. The Morgan fingerprint density at radius 3 is 2.04 bits per heavy atom. The zero-order valence-corrected chi connectivity index (χ0v) is 13.8. The van der Waals surface area contributed by atoms with Crippen molar-refractivity contribution in [2.75, 3.05) is 39.6 Å². The summed E-state index contributed by atoms with van der Waals surface area (Å²) in [6, 6.07) is -0.195. The molecule has 1 amide bonds. The lowest BCUT2D eigenvalue weighted by molar-refractivity contribution is -0.154. The normalized spacial score (nSPS) is 20.3. The van der Waals surface area contributed by atoms with Gasteiger partial charge in [0.2, 0.25) is 5.91 Å². The zero-order valence-electron chi connectivity index (χ0n) is 13.8. The molecule has 0 aromatic heterocycles. The van der Waals surface area contributed by atoms with Crippen LogP contribution >= 0.6 is 0 Å². The van der Waals surface area contributed by atoms with Crippen molar-refractivity contribution >= 4 is 11.9 Å². The first-order valence-corrected chi connectivity index (χ1v) is 7.94. The van der Waals surface area contributed by atoms with E-state index in [0.717, 1.165) is 0 Å². The lowest BCUT2D eigenvalue weighted by Crippen LogP contribution is -2.45. The molecule has 0 unspecified atom stereocenters. The Bertz CT molecular complexity index is 350. The van der Waals surface area contributed by atoms with Crippen molar-refractivity contribution in [2.24, 2.45) is 0 Å². The quantitative estimate of drug-likeness (QED) is 0.496. The summed E-state index contributed by atoms with van der Waals surface area (Å²) in [6.07, 6.45) is 1.07. The molecule has 0 aromatic carbocycles. The molecule has 0 aliphatic heterocycles. The van der Waals surface area contributed by atoms with E-state index in [1.54, 1.807) is 0 Å². The van der Waals surface area contributed by atoms with E-state index in [1.807, 2.05) is 13.8 Å². The Kier molecular flexibility index (Phi) is 9.77. The maximum Gasteiger partial charge on any atom is 0.329 e. The number of carboxylic acid groups (broad SMARTS) is 1. The predicted molar refractivity (Wildman–Crippen MR) is 81.3 cm³/mol. The number of hydrogen-bond donors (Lipinski definition) is 2. The number of rotatable bonds is 13. The van der Waals surface area contributed by atoms with Crippen molar-refractivity contribution in [3.8, 4) is 0 Å². The van der Waals surface area contributed by atoms with Crippen molar-refractivity contribution in [2.45, 2.75) is 44.9 Å². The maximum absolute atomic E-state index is 11.9. The van der Waals surface area contributed by atoms with Crippen LogP contribution in [0.5, 0.6) is 0 Å². The Hall–Kier alpha value is -1.22. The molecule has 1 rings (SSSR count). The number of carbonyl (C=O) groups excluding carboxylic acids is 1. The first kappa shape index (κ1) is 19.8. The molecule has 8 nitrogen and oxygen atoms in total. The smallest absolute Gasteiger partial charge is 0.329 e. The zero-order chi connectivity index (χ0) is 17.1. The SMILES string of the molecule is CCOCC(COCC)NC(=O)COC1CC(OCC(=O)O)C1. The molecule has 0 atom stereocenters. The Balaban J connectivity index is 2.14. The summed E-state index contributed by atoms with van der Waals surface area (Å²) in [5.41, 5.74) is 0. The molecule has 134 valence electrons. The molecule has 0 saturated heterocycles. The van der Waals surface area contributed by atoms with Crippen LogP contribution in [0, 0.1) is 0 Å². The second kappa shape index (κ2) is 11.3. The third-order valence-electron chi connectivity index (χ3n) is 3.36. The van der Waals surface area contributed by atoms with Gasteiger partial charge in [-0.2, -0.15) is 0 Å². The number of carboxylic acids is 1. The molecule has 23 heavy (non-hydrogen) atoms. The largest absolute Gasteiger partial charge is 0.480 e. The summed E-state index contributed by atoms with van der Waals surface area (Å²) in [7, 11) is 0. The van der Waals surface area contributed by atoms with Crippen LogP contribution in [0.3, 0.4) is 0 Å². The van der Waals surface area contributed by atoms with Gasteiger partial charge in [0.1, 0.15) is 13.2 Å². The van der Waals surface area contributed by atoms with Crippen LogP contribution in [-0.2, 0) is 28.5 Å². The van der Waals surface area contributed by atoms with E-state index in [4.69, 9.17) is 24.1 Å². The van der Waals surface area contributed by atoms with Gasteiger partial charge in [0.25, 0.3) is 0 Å². The van der Waals surface area contributed by atoms with Crippen molar-refractivity contribution in [1.82, 2.24) is 5.32 Å². The van der Waals surface area contributed by atoms with E-state index >= 15 is 0 Å². The van der Waals surface area contributed by atoms with Gasteiger partial charge in [-0.25, -0.2) is 4.79 Å². The van der Waals surface area contributed by atoms with Crippen LogP contribution in [0.2, 0.25) is 0 Å². The summed E-state index contributed by atoms with van der Waals surface area (Å²) >= 11 is 0. The minimum absolute atomic E-state index is 0.0366. The number of hydrogen-bond acceptors (Lipinski definition) is 6. The van der Waals surface area contributed by atoms with Crippen molar-refractivity contribution < 1.29 is 33.6 Å². The van der Waals surface area contributed by atoms with E-state index in [1.165, 1.54) is 0 Å². The molecule has 8 heteroatoms. The van der Waals surface area contributed by atoms with Crippen LogP contribution < -0.4 is 5.32 Å². The summed E-state index contributed by atoms with van der Waals surface area (Å²) in [6.45, 7) is 5.40. The molecule has 1 aliphatic rings. The van der Waals surface area contributed by atoms with Crippen LogP contribution in [0.4, 0.5) is 0 Å². The molecule has 1 fully saturated rings. The van der Waals surface area contributed by atoms with Gasteiger partial charge in [0, 0.05) is 13.2 Å². The first-order valence-electron chi connectivity index (χ1n) is 7.94. The molecular weight excluding hydrogens is 306 g/mol. The number of nitrogens with one attached hydrogen (secondary N) is 1. The monoisotopic (exact) mass is 333 g/mol. The minimum Gasteiger partial charge on any atom is -0.480 e. The summed E-state index contributed by atoms with van der Waals surface area (Å²) in [5, 5.41) is 11.3. The lowest BCUT2D eigenvalue weighted by atomic mass is 9.92. The highest BCUT2D eigenvalue weighted by atomic mass is 16.5. The van der Waals surface area contributed by atoms with E-state index < -0.39 is 5.97 Å². The third-order valence-corrected chi connectivity index (χ3v) is 3.36. The lowest BCUT2D eigenvalue weighted by Gasteiger charge is -2.34. The maximum atomic E-state index is 11.9. The number of ether oxygens (including phenoxy) is 4. The first-order chi connectivity index (χ1) is 11.0. The molecule has 0 aromatic rings. The van der Waals surface area contributed by atoms with E-state index in [9.17, 15) is 9.59 Å². The van der Waals surface area contributed by atoms with Crippen LogP contribution in [0.15, 0.2) is 0 Å². The fraction of sp³-hybridized carbons (Fsp3) is 0.867. The summed E-state index contributed by atoms with van der Waals surface area (Å²) in [5.74, 6) is -1.20. The molecule has 0 bridgehead atoms. The summed E-state index contributed by atoms with van der Waals surface area (Å²) in [4.78, 5) is 22.2. The van der Waals surface area contributed by atoms with Crippen molar-refractivity contribution in [3.05, 3.63) is 0 Å². The Morgan fingerprint density at radius 1 is 1.04 bits per heavy atom. The average molecular weight is 333 g/mol. The molecular formula is C15H27NO7. The molecule has 0 radical (unpaired) electrons. The second-order valence-corrected chi connectivity index (χ2v) is 5.31. The molecule has 0 spiro atoms. The van der Waals surface area contributed by atoms with E-state index in [-0.39, 0.29) is 37.4 Å². The number of aliphatic carboxylic acids is 1. The number of carbonyl (C=O) groups is 2. The van der Waals surface area contributed by atoms with Gasteiger partial charge in [-0.1, -0.05) is 0 Å².